The largest absolute Gasteiger partial charge is 0.356 e. The molecule has 2 heteroatoms. The molecule has 7 aromatic rings. The zero-order valence-electron chi connectivity index (χ0n) is 35.7. The summed E-state index contributed by atoms with van der Waals surface area (Å²) < 4.78 is 0. The second-order valence-corrected chi connectivity index (χ2v) is 16.9. The molecule has 0 saturated heterocycles. The Bertz CT molecular complexity index is 2520. The molecule has 1 unspecified atom stereocenters. The van der Waals surface area contributed by atoms with E-state index in [0.29, 0.717) is 0 Å². The molecule has 0 bridgehead atoms. The van der Waals surface area contributed by atoms with Crippen LogP contribution in [0.2, 0.25) is 0 Å². The Labute approximate surface area is 359 Å². The summed E-state index contributed by atoms with van der Waals surface area (Å²) in [4.78, 5) is 2.50. The van der Waals surface area contributed by atoms with Crippen LogP contribution >= 0.6 is 0 Å². The van der Waals surface area contributed by atoms with E-state index in [1.807, 2.05) is 18.2 Å². The molecule has 1 saturated carbocycles. The quantitative estimate of drug-likeness (QED) is 0.157. The first-order valence-corrected chi connectivity index (χ1v) is 21.8. The van der Waals surface area contributed by atoms with E-state index in [4.69, 9.17) is 0 Å². The Kier molecular flexibility index (Phi) is 12.6. The van der Waals surface area contributed by atoms with Gasteiger partial charge in [-0.25, -0.2) is 0 Å². The third-order valence-corrected chi connectivity index (χ3v) is 12.4. The Morgan fingerprint density at radius 2 is 1.03 bits per heavy atom. The number of rotatable bonds is 9. The summed E-state index contributed by atoms with van der Waals surface area (Å²) in [6, 6.07) is 64.9. The lowest BCUT2D eigenvalue weighted by Gasteiger charge is -2.39. The Hall–Kier alpha value is -6.38. The fourth-order valence-corrected chi connectivity index (χ4v) is 9.05. The lowest BCUT2D eigenvalue weighted by atomic mass is 9.65. The van der Waals surface area contributed by atoms with Gasteiger partial charge in [0.15, 0.2) is 0 Å². The minimum atomic E-state index is 0.0347. The molecular formula is C58H58N2. The number of allylic oxidation sites excluding steroid dienone is 2. The molecule has 0 aliphatic heterocycles. The van der Waals surface area contributed by atoms with Crippen LogP contribution in [0.4, 0.5) is 22.7 Å². The molecular weight excluding hydrogens is 725 g/mol. The van der Waals surface area contributed by atoms with Crippen LogP contribution in [0.3, 0.4) is 0 Å². The van der Waals surface area contributed by atoms with Gasteiger partial charge in [-0.1, -0.05) is 187 Å². The van der Waals surface area contributed by atoms with Gasteiger partial charge in [0.2, 0.25) is 0 Å². The average molecular weight is 783 g/mol. The maximum atomic E-state index is 3.58. The fourth-order valence-electron chi connectivity index (χ4n) is 9.05. The molecule has 0 radical (unpaired) electrons. The van der Waals surface area contributed by atoms with Crippen molar-refractivity contribution in [2.24, 2.45) is 0 Å². The van der Waals surface area contributed by atoms with Gasteiger partial charge >= 0.3 is 0 Å². The summed E-state index contributed by atoms with van der Waals surface area (Å²) in [5.74, 6) is 0. The number of hydrogen-bond acceptors (Lipinski definition) is 2. The molecule has 1 N–H and O–H groups in total. The Morgan fingerprint density at radius 3 is 1.62 bits per heavy atom. The highest BCUT2D eigenvalue weighted by Crippen LogP contribution is 2.46. The summed E-state index contributed by atoms with van der Waals surface area (Å²) in [5.41, 5.74) is 17.7. The van der Waals surface area contributed by atoms with Crippen LogP contribution in [0.25, 0.3) is 22.3 Å². The summed E-state index contributed by atoms with van der Waals surface area (Å²) in [7, 11) is 0. The van der Waals surface area contributed by atoms with Gasteiger partial charge in [-0.2, -0.15) is 0 Å². The molecule has 7 aromatic carbocycles. The summed E-state index contributed by atoms with van der Waals surface area (Å²) in [5, 5.41) is 3.58. The van der Waals surface area contributed by atoms with Crippen molar-refractivity contribution in [1.82, 2.24) is 0 Å². The molecule has 9 rings (SSSR count). The Balaban J connectivity index is 0.000000648. The topological polar surface area (TPSA) is 15.3 Å². The highest BCUT2D eigenvalue weighted by atomic mass is 15.2. The van der Waals surface area contributed by atoms with E-state index in [0.717, 1.165) is 17.8 Å². The van der Waals surface area contributed by atoms with Crippen molar-refractivity contribution in [3.63, 3.8) is 0 Å². The second kappa shape index (κ2) is 18.7. The van der Waals surface area contributed by atoms with Gasteiger partial charge in [0.05, 0.1) is 6.04 Å². The summed E-state index contributed by atoms with van der Waals surface area (Å²) in [6.07, 6.45) is 14.1. The average Bonchev–Trinajstić information content (AvgIpc) is 3.29. The first-order valence-electron chi connectivity index (χ1n) is 21.8. The monoisotopic (exact) mass is 782 g/mol. The minimum absolute atomic E-state index is 0.0347. The SMILES string of the molecule is CC1=CC(N(c2ccc(C)cc2)c2cccc(-c3ccc(C4(c5ccc(-c6cccc(Nc7ccc(C)cc7)c6)cc5)CCCCC4)cc3)c2)CC=C1.Cc1ccccc1. The van der Waals surface area contributed by atoms with Crippen LogP contribution in [0.15, 0.2) is 200 Å². The van der Waals surface area contributed by atoms with Crippen LogP contribution in [-0.4, -0.2) is 6.04 Å². The zero-order valence-corrected chi connectivity index (χ0v) is 35.7. The number of aryl methyl sites for hydroxylation is 3. The van der Waals surface area contributed by atoms with Crippen LogP contribution in [0.5, 0.6) is 0 Å². The Morgan fingerprint density at radius 1 is 0.467 bits per heavy atom. The lowest BCUT2D eigenvalue weighted by Crippen LogP contribution is -2.30. The zero-order chi connectivity index (χ0) is 41.3. The van der Waals surface area contributed by atoms with Crippen molar-refractivity contribution in [1.29, 1.82) is 0 Å². The van der Waals surface area contributed by atoms with Gasteiger partial charge in [0.1, 0.15) is 0 Å². The molecule has 1 atom stereocenters. The van der Waals surface area contributed by atoms with Crippen LogP contribution in [0.1, 0.15) is 73.3 Å². The molecule has 60 heavy (non-hydrogen) atoms. The van der Waals surface area contributed by atoms with Crippen molar-refractivity contribution in [2.75, 3.05) is 10.2 Å². The third-order valence-electron chi connectivity index (χ3n) is 12.4. The fraction of sp³-hybridized carbons (Fsp3) is 0.207. The molecule has 2 aliphatic carbocycles. The molecule has 1 fully saturated rings. The second-order valence-electron chi connectivity index (χ2n) is 16.9. The predicted octanol–water partition coefficient (Wildman–Crippen LogP) is 16.0. The highest BCUT2D eigenvalue weighted by Gasteiger charge is 2.35. The molecule has 0 spiro atoms. The van der Waals surface area contributed by atoms with E-state index in [-0.39, 0.29) is 11.5 Å². The van der Waals surface area contributed by atoms with Gasteiger partial charge in [-0.15, -0.1) is 0 Å². The van der Waals surface area contributed by atoms with Gasteiger partial charge in [0, 0.05) is 28.2 Å². The number of nitrogens with one attached hydrogen (secondary N) is 1. The molecule has 0 amide bonds. The van der Waals surface area contributed by atoms with E-state index in [1.165, 1.54) is 99.1 Å². The number of anilines is 4. The number of benzene rings is 7. The van der Waals surface area contributed by atoms with Crippen molar-refractivity contribution < 1.29 is 0 Å². The van der Waals surface area contributed by atoms with E-state index in [9.17, 15) is 0 Å². The van der Waals surface area contributed by atoms with E-state index < -0.39 is 0 Å². The van der Waals surface area contributed by atoms with Crippen molar-refractivity contribution in [3.8, 4) is 22.3 Å². The maximum Gasteiger partial charge on any atom is 0.0562 e. The number of nitrogens with zero attached hydrogens (tertiary/aromatic N) is 1. The van der Waals surface area contributed by atoms with Gasteiger partial charge in [0.25, 0.3) is 0 Å². The lowest BCUT2D eigenvalue weighted by molar-refractivity contribution is 0.346. The van der Waals surface area contributed by atoms with E-state index in [2.05, 4.69) is 214 Å². The highest BCUT2D eigenvalue weighted by molar-refractivity contribution is 5.75. The van der Waals surface area contributed by atoms with Crippen LogP contribution < -0.4 is 10.2 Å². The first-order chi connectivity index (χ1) is 29.3. The number of hydrogen-bond donors (Lipinski definition) is 1. The van der Waals surface area contributed by atoms with Crippen LogP contribution in [0, 0.1) is 20.8 Å². The summed E-state index contributed by atoms with van der Waals surface area (Å²) in [6.45, 7) is 8.56. The molecule has 300 valence electrons. The molecule has 0 heterocycles. The maximum absolute atomic E-state index is 3.58. The molecule has 2 aliphatic rings. The van der Waals surface area contributed by atoms with Crippen molar-refractivity contribution in [2.45, 2.75) is 77.7 Å². The smallest absolute Gasteiger partial charge is 0.0562 e. The molecule has 0 aromatic heterocycles. The van der Waals surface area contributed by atoms with Crippen molar-refractivity contribution in [3.05, 3.63) is 228 Å². The van der Waals surface area contributed by atoms with E-state index >= 15 is 0 Å². The third kappa shape index (κ3) is 9.56. The minimum Gasteiger partial charge on any atom is -0.356 e. The normalized spacial score (nSPS) is 15.6. The molecule has 2 nitrogen and oxygen atoms in total. The first kappa shape index (κ1) is 40.4. The standard InChI is InChI=1S/C51H50N2.C7H8/c1-37-16-28-46(29-17-37)52-47-13-8-11-42(35-47)40-20-24-44(25-21-40)51(32-5-4-6-33-51)45-26-22-41(23-27-45)43-12-9-15-50(36-43)53(48-30-18-38(2)19-31-48)49-14-7-10-39(3)34-49;1-7-5-3-2-4-6-7/h7-13,15-31,34-36,49,52H,4-6,14,32-33H2,1-3H3;2-6H,1H3. The van der Waals surface area contributed by atoms with Crippen LogP contribution in [-0.2, 0) is 5.41 Å². The van der Waals surface area contributed by atoms with Gasteiger partial charge in [-0.05, 0) is 129 Å². The van der Waals surface area contributed by atoms with Gasteiger partial charge in [-0.3, -0.25) is 0 Å². The van der Waals surface area contributed by atoms with Crippen molar-refractivity contribution >= 4 is 22.7 Å². The summed E-state index contributed by atoms with van der Waals surface area (Å²) >= 11 is 0. The van der Waals surface area contributed by atoms with E-state index in [1.54, 1.807) is 0 Å². The predicted molar refractivity (Wildman–Crippen MR) is 258 cm³/mol. The van der Waals surface area contributed by atoms with Gasteiger partial charge < -0.3 is 10.2 Å².